The SMILES string of the molecule is C#Cc1cn([C@@H]2O[C@H](CO)[C@@H](O)[C@H]2O)c(=O)nc1N.O=P(O)(O)O.O=P(O)(O)O.O=P(O)(O)O. The van der Waals surface area contributed by atoms with Gasteiger partial charge in [-0.25, -0.2) is 18.5 Å². The number of hydrogen-bond donors (Lipinski definition) is 13. The maximum Gasteiger partial charge on any atom is 0.466 e. The second-order valence-electron chi connectivity index (χ2n) is 5.64. The minimum atomic E-state index is -4.64. The first-order valence-corrected chi connectivity index (χ1v) is 12.5. The van der Waals surface area contributed by atoms with Crippen molar-refractivity contribution in [1.29, 1.82) is 0 Å². The van der Waals surface area contributed by atoms with Crippen LogP contribution in [0.25, 0.3) is 0 Å². The fourth-order valence-corrected chi connectivity index (χ4v) is 1.88. The van der Waals surface area contributed by atoms with Crippen LogP contribution in [0.1, 0.15) is 11.8 Å². The molecule has 23 heteroatoms. The number of terminal acetylenes is 1. The van der Waals surface area contributed by atoms with Crippen LogP contribution in [-0.4, -0.2) is 93.8 Å². The van der Waals surface area contributed by atoms with Crippen molar-refractivity contribution >= 4 is 29.3 Å². The lowest BCUT2D eigenvalue weighted by molar-refractivity contribution is -0.0549. The quantitative estimate of drug-likeness (QED) is 0.118. The largest absolute Gasteiger partial charge is 0.466 e. The molecule has 1 saturated heterocycles. The van der Waals surface area contributed by atoms with Gasteiger partial charge in [0.25, 0.3) is 0 Å². The van der Waals surface area contributed by atoms with Crippen LogP contribution < -0.4 is 11.4 Å². The normalized spacial score (nSPS) is 22.1. The maximum absolute atomic E-state index is 11.7. The lowest BCUT2D eigenvalue weighted by Gasteiger charge is -2.17. The number of nitrogens with zero attached hydrogens (tertiary/aromatic N) is 2. The van der Waals surface area contributed by atoms with E-state index in [2.05, 4.69) is 10.9 Å². The number of nitrogens with two attached hydrogens (primary N) is 1. The molecule has 0 amide bonds. The number of phosphoric acid groups is 3. The Kier molecular flexibility index (Phi) is 14.3. The summed E-state index contributed by atoms with van der Waals surface area (Å²) in [6.07, 6.45) is 1.56. The van der Waals surface area contributed by atoms with Crippen LogP contribution in [0.15, 0.2) is 11.0 Å². The number of anilines is 1. The Morgan fingerprint density at radius 2 is 1.35 bits per heavy atom. The van der Waals surface area contributed by atoms with Gasteiger partial charge in [0.2, 0.25) is 0 Å². The minimum absolute atomic E-state index is 0.101. The van der Waals surface area contributed by atoms with Crippen LogP contribution in [0.4, 0.5) is 5.82 Å². The highest BCUT2D eigenvalue weighted by Crippen LogP contribution is 2.28. The lowest BCUT2D eigenvalue weighted by Crippen LogP contribution is -2.36. The monoisotopic (exact) mass is 561 g/mol. The fraction of sp³-hybridized carbons (Fsp3) is 0.455. The third-order valence-electron chi connectivity index (χ3n) is 2.93. The predicted octanol–water partition coefficient (Wildman–Crippen LogP) is -5.37. The molecule has 4 atom stereocenters. The number of nitrogen functional groups attached to an aromatic ring is 1. The average Bonchev–Trinajstić information content (AvgIpc) is 2.86. The molecule has 2 heterocycles. The van der Waals surface area contributed by atoms with E-state index in [4.69, 9.17) is 79.7 Å². The number of aliphatic hydroxyl groups is 3. The van der Waals surface area contributed by atoms with Gasteiger partial charge in [-0.05, 0) is 0 Å². The van der Waals surface area contributed by atoms with Crippen LogP contribution in [0.2, 0.25) is 0 Å². The Hall–Kier alpha value is -1.59. The van der Waals surface area contributed by atoms with E-state index in [-0.39, 0.29) is 11.4 Å². The van der Waals surface area contributed by atoms with Crippen LogP contribution in [-0.2, 0) is 18.4 Å². The van der Waals surface area contributed by atoms with Crippen molar-refractivity contribution in [3.05, 3.63) is 22.2 Å². The van der Waals surface area contributed by atoms with Gasteiger partial charge in [0.05, 0.1) is 12.2 Å². The third-order valence-corrected chi connectivity index (χ3v) is 2.93. The lowest BCUT2D eigenvalue weighted by atomic mass is 10.1. The molecule has 0 bridgehead atoms. The minimum Gasteiger partial charge on any atom is -0.394 e. The van der Waals surface area contributed by atoms with Crippen molar-refractivity contribution in [2.45, 2.75) is 24.5 Å². The zero-order valence-electron chi connectivity index (χ0n) is 16.4. The number of ether oxygens (including phenoxy) is 1. The van der Waals surface area contributed by atoms with Crippen molar-refractivity contribution in [3.8, 4) is 12.3 Å². The molecule has 0 aromatic carbocycles. The van der Waals surface area contributed by atoms with Crippen LogP contribution in [0.5, 0.6) is 0 Å². The summed E-state index contributed by atoms with van der Waals surface area (Å²) < 4.78 is 32.8. The number of aliphatic hydroxyl groups excluding tert-OH is 3. The molecule has 0 radical (unpaired) electrons. The Morgan fingerprint density at radius 3 is 1.65 bits per heavy atom. The zero-order chi connectivity index (χ0) is 27.7. The summed E-state index contributed by atoms with van der Waals surface area (Å²) in [7, 11) is -13.9. The van der Waals surface area contributed by atoms with E-state index in [0.29, 0.717) is 0 Å². The van der Waals surface area contributed by atoms with Gasteiger partial charge in [-0.15, -0.1) is 6.42 Å². The summed E-state index contributed by atoms with van der Waals surface area (Å²) in [4.78, 5) is 79.9. The molecule has 1 fully saturated rings. The number of aromatic nitrogens is 2. The standard InChI is InChI=1S/C11H13N3O5.3H3O4P/c1-2-5-3-14(11(18)13-9(5)12)10-8(17)7(16)6(4-15)19-10;3*1-5(2,3)4/h1,3,6-8,10,15-17H,4H2,(H2,12,13,18);3*(H3,1,2,3,4)/t6-,7-,8-,10-;;;/m1.../s1. The number of rotatable bonds is 2. The highest BCUT2D eigenvalue weighted by Gasteiger charge is 2.43. The first kappa shape index (κ1) is 34.6. The Bertz CT molecular complexity index is 949. The molecular weight excluding hydrogens is 539 g/mol. The molecule has 1 aromatic rings. The summed E-state index contributed by atoms with van der Waals surface area (Å²) >= 11 is 0. The summed E-state index contributed by atoms with van der Waals surface area (Å²) in [6, 6.07) is 0. The summed E-state index contributed by atoms with van der Waals surface area (Å²) in [6.45, 7) is -0.492. The van der Waals surface area contributed by atoms with E-state index in [1.165, 1.54) is 6.20 Å². The van der Waals surface area contributed by atoms with Crippen molar-refractivity contribution in [1.82, 2.24) is 9.55 Å². The van der Waals surface area contributed by atoms with Crippen LogP contribution in [0.3, 0.4) is 0 Å². The van der Waals surface area contributed by atoms with E-state index in [1.807, 2.05) is 0 Å². The fourth-order valence-electron chi connectivity index (χ4n) is 1.88. The van der Waals surface area contributed by atoms with Crippen molar-refractivity contribution < 1.29 is 77.8 Å². The zero-order valence-corrected chi connectivity index (χ0v) is 19.1. The van der Waals surface area contributed by atoms with Crippen molar-refractivity contribution in [3.63, 3.8) is 0 Å². The molecule has 1 aromatic heterocycles. The molecule has 198 valence electrons. The Morgan fingerprint density at radius 1 is 0.971 bits per heavy atom. The van der Waals surface area contributed by atoms with E-state index < -0.39 is 60.3 Å². The summed E-state index contributed by atoms with van der Waals surface area (Å²) in [5.74, 6) is 2.14. The molecule has 14 N–H and O–H groups in total. The van der Waals surface area contributed by atoms with Gasteiger partial charge in [0.1, 0.15) is 24.1 Å². The molecule has 34 heavy (non-hydrogen) atoms. The van der Waals surface area contributed by atoms with Crippen molar-refractivity contribution in [2.24, 2.45) is 0 Å². The molecule has 0 saturated carbocycles. The smallest absolute Gasteiger partial charge is 0.394 e. The van der Waals surface area contributed by atoms with Gasteiger partial charge >= 0.3 is 29.2 Å². The predicted molar refractivity (Wildman–Crippen MR) is 107 cm³/mol. The van der Waals surface area contributed by atoms with Gasteiger partial charge in [0.15, 0.2) is 6.23 Å². The molecule has 20 nitrogen and oxygen atoms in total. The van der Waals surface area contributed by atoms with Gasteiger partial charge in [-0.3, -0.25) is 4.57 Å². The van der Waals surface area contributed by atoms with Gasteiger partial charge in [-0.2, -0.15) is 4.98 Å². The number of hydrogen-bond acceptors (Lipinski definition) is 10. The Labute approximate surface area is 188 Å². The first-order valence-electron chi connectivity index (χ1n) is 7.82. The Balaban J connectivity index is 0. The molecular formula is C11H22N3O17P3. The van der Waals surface area contributed by atoms with Gasteiger partial charge in [-0.1, -0.05) is 5.92 Å². The molecule has 0 unspecified atom stereocenters. The van der Waals surface area contributed by atoms with Crippen LogP contribution in [0, 0.1) is 12.3 Å². The van der Waals surface area contributed by atoms with E-state index in [0.717, 1.165) is 4.57 Å². The maximum atomic E-state index is 11.7. The second-order valence-corrected chi connectivity index (χ2v) is 8.72. The second kappa shape index (κ2) is 14.1. The molecule has 1 aliphatic heterocycles. The summed E-state index contributed by atoms with van der Waals surface area (Å²) in [5.41, 5.74) is 4.85. The van der Waals surface area contributed by atoms with E-state index in [1.54, 1.807) is 0 Å². The summed E-state index contributed by atoms with van der Waals surface area (Å²) in [5, 5.41) is 28.4. The third kappa shape index (κ3) is 17.8. The highest BCUT2D eigenvalue weighted by atomic mass is 31.2. The van der Waals surface area contributed by atoms with Gasteiger partial charge in [0, 0.05) is 6.20 Å². The average molecular weight is 561 g/mol. The molecule has 0 aliphatic carbocycles. The first-order chi connectivity index (χ1) is 15.0. The van der Waals surface area contributed by atoms with Crippen LogP contribution >= 0.6 is 23.5 Å². The van der Waals surface area contributed by atoms with E-state index in [9.17, 15) is 15.0 Å². The topological polar surface area (TPSA) is 364 Å². The molecule has 1 aliphatic rings. The van der Waals surface area contributed by atoms with Crippen molar-refractivity contribution in [2.75, 3.05) is 12.3 Å². The van der Waals surface area contributed by atoms with E-state index >= 15 is 0 Å². The molecule has 2 rings (SSSR count). The molecule has 0 spiro atoms. The van der Waals surface area contributed by atoms with Gasteiger partial charge < -0.3 is 69.8 Å². The highest BCUT2D eigenvalue weighted by molar-refractivity contribution is 7.45.